The van der Waals surface area contributed by atoms with Crippen molar-refractivity contribution < 1.29 is 14.3 Å². The largest absolute Gasteiger partial charge is 0.379 e. The predicted octanol–water partition coefficient (Wildman–Crippen LogP) is 2.76. The van der Waals surface area contributed by atoms with Crippen molar-refractivity contribution in [2.45, 2.75) is 32.6 Å². The second-order valence-corrected chi connectivity index (χ2v) is 7.61. The highest BCUT2D eigenvalue weighted by atomic mass is 16.5. The van der Waals surface area contributed by atoms with Gasteiger partial charge in [-0.3, -0.25) is 14.5 Å². The number of benzene rings is 1. The van der Waals surface area contributed by atoms with Gasteiger partial charge in [0.1, 0.15) is 0 Å². The SMILES string of the molecule is CC1CCC(C(=O)c2ccc(C(=O)NCCN3CCOCC3)cc2)CC1. The molecular weight excluding hydrogens is 328 g/mol. The highest BCUT2D eigenvalue weighted by Gasteiger charge is 2.25. The summed E-state index contributed by atoms with van der Waals surface area (Å²) in [6.45, 7) is 7.10. The normalized spacial score (nSPS) is 24.2. The van der Waals surface area contributed by atoms with E-state index in [0.717, 1.165) is 70.0 Å². The summed E-state index contributed by atoms with van der Waals surface area (Å²) in [4.78, 5) is 27.2. The summed E-state index contributed by atoms with van der Waals surface area (Å²) in [6.07, 6.45) is 4.26. The van der Waals surface area contributed by atoms with Crippen LogP contribution in [0.15, 0.2) is 24.3 Å². The third-order valence-electron chi connectivity index (χ3n) is 5.64. The molecule has 0 atom stereocenters. The fraction of sp³-hybridized carbons (Fsp3) is 0.619. The number of rotatable bonds is 6. The van der Waals surface area contributed by atoms with Gasteiger partial charge in [0.2, 0.25) is 0 Å². The van der Waals surface area contributed by atoms with Crippen LogP contribution in [0.5, 0.6) is 0 Å². The lowest BCUT2D eigenvalue weighted by Crippen LogP contribution is -2.41. The summed E-state index contributed by atoms with van der Waals surface area (Å²) >= 11 is 0. The molecule has 0 aromatic heterocycles. The zero-order chi connectivity index (χ0) is 18.4. The van der Waals surface area contributed by atoms with E-state index < -0.39 is 0 Å². The summed E-state index contributed by atoms with van der Waals surface area (Å²) in [5.41, 5.74) is 1.34. The molecular formula is C21H30N2O3. The Bertz CT molecular complexity index is 600. The Morgan fingerprint density at radius 2 is 1.65 bits per heavy atom. The van der Waals surface area contributed by atoms with Crippen molar-refractivity contribution in [3.05, 3.63) is 35.4 Å². The molecule has 26 heavy (non-hydrogen) atoms. The summed E-state index contributed by atoms with van der Waals surface area (Å²) in [5.74, 6) is 1.04. The monoisotopic (exact) mass is 358 g/mol. The van der Waals surface area contributed by atoms with E-state index in [1.807, 2.05) is 0 Å². The average molecular weight is 358 g/mol. The fourth-order valence-electron chi connectivity index (χ4n) is 3.80. The van der Waals surface area contributed by atoms with Crippen LogP contribution in [0.25, 0.3) is 0 Å². The molecule has 142 valence electrons. The summed E-state index contributed by atoms with van der Waals surface area (Å²) < 4.78 is 5.32. The van der Waals surface area contributed by atoms with Crippen LogP contribution in [0.1, 0.15) is 53.3 Å². The minimum absolute atomic E-state index is 0.0799. The Labute approximate surface area is 156 Å². The molecule has 5 nitrogen and oxygen atoms in total. The van der Waals surface area contributed by atoms with E-state index in [1.54, 1.807) is 24.3 Å². The number of nitrogens with one attached hydrogen (secondary N) is 1. The smallest absolute Gasteiger partial charge is 0.251 e. The molecule has 1 aliphatic carbocycles. The van der Waals surface area contributed by atoms with Gasteiger partial charge in [0.15, 0.2) is 5.78 Å². The molecule has 5 heteroatoms. The highest BCUT2D eigenvalue weighted by molar-refractivity contribution is 6.00. The molecule has 1 heterocycles. The van der Waals surface area contributed by atoms with Crippen LogP contribution < -0.4 is 5.32 Å². The molecule has 3 rings (SSSR count). The van der Waals surface area contributed by atoms with Crippen LogP contribution in [0, 0.1) is 11.8 Å². The van der Waals surface area contributed by atoms with Crippen molar-refractivity contribution in [1.29, 1.82) is 0 Å². The highest BCUT2D eigenvalue weighted by Crippen LogP contribution is 2.30. The van der Waals surface area contributed by atoms with Crippen molar-refractivity contribution in [3.8, 4) is 0 Å². The molecule has 2 fully saturated rings. The van der Waals surface area contributed by atoms with Gasteiger partial charge in [0.05, 0.1) is 13.2 Å². The first-order chi connectivity index (χ1) is 12.6. The van der Waals surface area contributed by atoms with Gasteiger partial charge in [-0.2, -0.15) is 0 Å². The van der Waals surface area contributed by atoms with Crippen LogP contribution in [0.3, 0.4) is 0 Å². The number of hydrogen-bond acceptors (Lipinski definition) is 4. The maximum absolute atomic E-state index is 12.6. The first-order valence-electron chi connectivity index (χ1n) is 9.86. The fourth-order valence-corrected chi connectivity index (χ4v) is 3.80. The zero-order valence-electron chi connectivity index (χ0n) is 15.7. The lowest BCUT2D eigenvalue weighted by atomic mass is 9.79. The van der Waals surface area contributed by atoms with Crippen LogP contribution in [-0.2, 0) is 4.74 Å². The second kappa shape index (κ2) is 9.28. The second-order valence-electron chi connectivity index (χ2n) is 7.61. The van der Waals surface area contributed by atoms with Gasteiger partial charge in [-0.05, 0) is 30.9 Å². The number of morpholine rings is 1. The number of amides is 1. The molecule has 1 aromatic rings. The maximum atomic E-state index is 12.6. The van der Waals surface area contributed by atoms with Gasteiger partial charge in [0, 0.05) is 43.2 Å². The van der Waals surface area contributed by atoms with E-state index >= 15 is 0 Å². The minimum atomic E-state index is -0.0799. The van der Waals surface area contributed by atoms with Crippen LogP contribution in [0.2, 0.25) is 0 Å². The number of ether oxygens (including phenoxy) is 1. The summed E-state index contributed by atoms with van der Waals surface area (Å²) in [7, 11) is 0. The molecule has 1 aromatic carbocycles. The molecule has 1 amide bonds. The third-order valence-corrected chi connectivity index (χ3v) is 5.64. The standard InChI is InChI=1S/C21H30N2O3/c1-16-2-4-17(5-3-16)20(24)18-6-8-19(9-7-18)21(25)22-10-11-23-12-14-26-15-13-23/h6-9,16-17H,2-5,10-15H2,1H3,(H,22,25). The van der Waals surface area contributed by atoms with E-state index in [1.165, 1.54) is 0 Å². The summed E-state index contributed by atoms with van der Waals surface area (Å²) in [5, 5.41) is 2.96. The van der Waals surface area contributed by atoms with Crippen molar-refractivity contribution in [2.75, 3.05) is 39.4 Å². The Kier molecular flexibility index (Phi) is 6.80. The van der Waals surface area contributed by atoms with E-state index in [9.17, 15) is 9.59 Å². The van der Waals surface area contributed by atoms with E-state index in [2.05, 4.69) is 17.1 Å². The molecule has 0 radical (unpaired) electrons. The Balaban J connectivity index is 1.47. The Morgan fingerprint density at radius 1 is 1.04 bits per heavy atom. The van der Waals surface area contributed by atoms with E-state index in [4.69, 9.17) is 4.74 Å². The van der Waals surface area contributed by atoms with Crippen molar-refractivity contribution in [1.82, 2.24) is 10.2 Å². The molecule has 0 spiro atoms. The minimum Gasteiger partial charge on any atom is -0.379 e. The van der Waals surface area contributed by atoms with Crippen molar-refractivity contribution >= 4 is 11.7 Å². The maximum Gasteiger partial charge on any atom is 0.251 e. The first-order valence-corrected chi connectivity index (χ1v) is 9.86. The lowest BCUT2D eigenvalue weighted by Gasteiger charge is -2.26. The molecule has 1 saturated heterocycles. The topological polar surface area (TPSA) is 58.6 Å². The number of nitrogens with zero attached hydrogens (tertiary/aromatic N) is 1. The van der Waals surface area contributed by atoms with Crippen LogP contribution in [-0.4, -0.2) is 56.0 Å². The number of carbonyl (C=O) groups excluding carboxylic acids is 2. The molecule has 1 N–H and O–H groups in total. The van der Waals surface area contributed by atoms with Crippen molar-refractivity contribution in [2.24, 2.45) is 11.8 Å². The molecule has 1 aliphatic heterocycles. The Hall–Kier alpha value is -1.72. The van der Waals surface area contributed by atoms with Gasteiger partial charge in [0.25, 0.3) is 5.91 Å². The number of carbonyl (C=O) groups is 2. The van der Waals surface area contributed by atoms with Crippen LogP contribution in [0.4, 0.5) is 0 Å². The molecule has 1 saturated carbocycles. The van der Waals surface area contributed by atoms with Gasteiger partial charge in [-0.1, -0.05) is 31.9 Å². The van der Waals surface area contributed by atoms with Gasteiger partial charge < -0.3 is 10.1 Å². The average Bonchev–Trinajstić information content (AvgIpc) is 2.69. The third kappa shape index (κ3) is 5.15. The quantitative estimate of drug-likeness (QED) is 0.795. The lowest BCUT2D eigenvalue weighted by molar-refractivity contribution is 0.0383. The first kappa shape index (κ1) is 19.1. The number of hydrogen-bond donors (Lipinski definition) is 1. The number of ketones is 1. The van der Waals surface area contributed by atoms with Gasteiger partial charge >= 0.3 is 0 Å². The zero-order valence-corrected chi connectivity index (χ0v) is 15.7. The van der Waals surface area contributed by atoms with Gasteiger partial charge in [-0.15, -0.1) is 0 Å². The van der Waals surface area contributed by atoms with E-state index in [0.29, 0.717) is 12.1 Å². The van der Waals surface area contributed by atoms with Crippen LogP contribution >= 0.6 is 0 Å². The summed E-state index contributed by atoms with van der Waals surface area (Å²) in [6, 6.07) is 7.14. The van der Waals surface area contributed by atoms with Gasteiger partial charge in [-0.25, -0.2) is 0 Å². The predicted molar refractivity (Wildman–Crippen MR) is 101 cm³/mol. The van der Waals surface area contributed by atoms with E-state index in [-0.39, 0.29) is 17.6 Å². The van der Waals surface area contributed by atoms with Crippen molar-refractivity contribution in [3.63, 3.8) is 0 Å². The molecule has 2 aliphatic rings. The molecule has 0 bridgehead atoms. The Morgan fingerprint density at radius 3 is 2.31 bits per heavy atom. The molecule has 0 unspecified atom stereocenters. The number of Topliss-reactive ketones (excluding diaryl/α,β-unsaturated/α-hetero) is 1.